The zero-order chi connectivity index (χ0) is 16.1. The molecule has 2 amide bonds. The molecule has 1 atom stereocenters. The highest BCUT2D eigenvalue weighted by Crippen LogP contribution is 2.21. The number of benzene rings is 1. The Bertz CT molecular complexity index is 528. The Kier molecular flexibility index (Phi) is 5.38. The molecule has 0 unspecified atom stereocenters. The molecule has 0 saturated carbocycles. The zero-order valence-corrected chi connectivity index (χ0v) is 13.3. The summed E-state index contributed by atoms with van der Waals surface area (Å²) in [6, 6.07) is 7.58. The van der Waals surface area contributed by atoms with Crippen molar-refractivity contribution in [3.63, 3.8) is 0 Å². The fourth-order valence-corrected chi connectivity index (χ4v) is 2.31. The lowest BCUT2D eigenvalue weighted by atomic mass is 10.2. The molecular formula is C16H23N3O3. The molecule has 6 nitrogen and oxygen atoms in total. The van der Waals surface area contributed by atoms with Gasteiger partial charge in [0.15, 0.2) is 0 Å². The van der Waals surface area contributed by atoms with E-state index in [1.54, 1.807) is 4.90 Å². The molecule has 1 aromatic rings. The second-order valence-corrected chi connectivity index (χ2v) is 5.82. The lowest BCUT2D eigenvalue weighted by molar-refractivity contribution is -0.117. The van der Waals surface area contributed by atoms with Gasteiger partial charge >= 0.3 is 6.09 Å². The topological polar surface area (TPSA) is 61.9 Å². The Morgan fingerprint density at radius 2 is 2.05 bits per heavy atom. The maximum Gasteiger partial charge on any atom is 0.407 e. The van der Waals surface area contributed by atoms with E-state index in [2.05, 4.69) is 5.32 Å². The second-order valence-electron chi connectivity index (χ2n) is 5.82. The Hall–Kier alpha value is -2.08. The van der Waals surface area contributed by atoms with Crippen molar-refractivity contribution < 1.29 is 14.3 Å². The number of rotatable bonds is 5. The number of hydrogen-bond acceptors (Lipinski definition) is 4. The third kappa shape index (κ3) is 4.46. The highest BCUT2D eigenvalue weighted by molar-refractivity contribution is 5.96. The number of anilines is 1. The number of hydrogen-bond donors (Lipinski definition) is 1. The molecule has 1 heterocycles. The third-order valence-electron chi connectivity index (χ3n) is 3.56. The van der Waals surface area contributed by atoms with Crippen LogP contribution < -0.4 is 10.2 Å². The largest absolute Gasteiger partial charge is 0.448 e. The molecule has 0 bridgehead atoms. The van der Waals surface area contributed by atoms with Crippen molar-refractivity contribution >= 4 is 17.7 Å². The van der Waals surface area contributed by atoms with Gasteiger partial charge in [-0.25, -0.2) is 4.79 Å². The average Bonchev–Trinajstić information content (AvgIpc) is 2.80. The molecule has 0 radical (unpaired) electrons. The Balaban J connectivity index is 1.84. The van der Waals surface area contributed by atoms with Crippen LogP contribution in [0, 0.1) is 6.92 Å². The quantitative estimate of drug-likeness (QED) is 0.893. The first-order valence-corrected chi connectivity index (χ1v) is 7.41. The molecular weight excluding hydrogens is 282 g/mol. The zero-order valence-electron chi connectivity index (χ0n) is 13.3. The van der Waals surface area contributed by atoms with Crippen LogP contribution >= 0.6 is 0 Å². The summed E-state index contributed by atoms with van der Waals surface area (Å²) in [6.07, 6.45) is -0.165. The van der Waals surface area contributed by atoms with E-state index in [1.165, 1.54) is 0 Å². The van der Waals surface area contributed by atoms with Crippen molar-refractivity contribution in [3.8, 4) is 0 Å². The van der Waals surface area contributed by atoms with Crippen LogP contribution in [0.4, 0.5) is 10.5 Å². The molecule has 0 spiro atoms. The number of carbonyl (C=O) groups excluding carboxylic acids is 2. The van der Waals surface area contributed by atoms with Crippen LogP contribution in [0.5, 0.6) is 0 Å². The summed E-state index contributed by atoms with van der Waals surface area (Å²) in [6.45, 7) is 3.49. The van der Waals surface area contributed by atoms with Crippen molar-refractivity contribution in [1.29, 1.82) is 0 Å². The number of alkyl carbamates (subject to hydrolysis) is 1. The van der Waals surface area contributed by atoms with Gasteiger partial charge in [-0.05, 0) is 33.2 Å². The van der Waals surface area contributed by atoms with E-state index in [-0.39, 0.29) is 11.9 Å². The molecule has 1 aliphatic rings. The van der Waals surface area contributed by atoms with Gasteiger partial charge in [0.05, 0.1) is 6.04 Å². The summed E-state index contributed by atoms with van der Waals surface area (Å²) in [5, 5.41) is 2.75. The van der Waals surface area contributed by atoms with Crippen LogP contribution in [-0.2, 0) is 9.53 Å². The highest BCUT2D eigenvalue weighted by Gasteiger charge is 2.31. The smallest absolute Gasteiger partial charge is 0.407 e. The summed E-state index contributed by atoms with van der Waals surface area (Å²) in [4.78, 5) is 27.4. The molecule has 0 aliphatic carbocycles. The number of likely N-dealkylation sites (N-methyl/N-ethyl adjacent to an activating group) is 1. The fourth-order valence-electron chi connectivity index (χ4n) is 2.31. The maximum atomic E-state index is 12.1. The van der Waals surface area contributed by atoms with Crippen molar-refractivity contribution in [2.24, 2.45) is 0 Å². The van der Waals surface area contributed by atoms with Crippen molar-refractivity contribution in [1.82, 2.24) is 10.2 Å². The molecule has 6 heteroatoms. The first kappa shape index (κ1) is 16.3. The van der Waals surface area contributed by atoms with Gasteiger partial charge in [-0.15, -0.1) is 0 Å². The first-order valence-electron chi connectivity index (χ1n) is 7.41. The lowest BCUT2D eigenvalue weighted by Crippen LogP contribution is -2.38. The number of carbonyl (C=O) groups is 2. The molecule has 2 rings (SSSR count). The Labute approximate surface area is 131 Å². The van der Waals surface area contributed by atoms with Crippen LogP contribution in [0.25, 0.3) is 0 Å². The van der Waals surface area contributed by atoms with Crippen LogP contribution in [0.1, 0.15) is 12.0 Å². The first-order chi connectivity index (χ1) is 10.5. The number of ether oxygens (including phenoxy) is 1. The molecule has 1 saturated heterocycles. The van der Waals surface area contributed by atoms with E-state index in [1.807, 2.05) is 50.2 Å². The van der Waals surface area contributed by atoms with E-state index in [0.717, 1.165) is 11.3 Å². The minimum atomic E-state index is -0.467. The monoisotopic (exact) mass is 305 g/mol. The molecule has 1 fully saturated rings. The van der Waals surface area contributed by atoms with Crippen molar-refractivity contribution in [2.45, 2.75) is 19.4 Å². The maximum absolute atomic E-state index is 12.1. The van der Waals surface area contributed by atoms with Crippen molar-refractivity contribution in [3.05, 3.63) is 29.8 Å². The normalized spacial score (nSPS) is 17.9. The van der Waals surface area contributed by atoms with E-state index in [9.17, 15) is 9.59 Å². The molecule has 1 N–H and O–H groups in total. The molecule has 1 aromatic carbocycles. The minimum absolute atomic E-state index is 0.0162. The van der Waals surface area contributed by atoms with Gasteiger partial charge in [-0.1, -0.05) is 17.7 Å². The average molecular weight is 305 g/mol. The number of aryl methyl sites for hydroxylation is 1. The predicted molar refractivity (Wildman–Crippen MR) is 85.0 cm³/mol. The SMILES string of the molecule is Cc1ccc(N2C[C@H](NC(=O)OCCN(C)C)CC2=O)cc1. The lowest BCUT2D eigenvalue weighted by Gasteiger charge is -2.17. The fraction of sp³-hybridized carbons (Fsp3) is 0.500. The van der Waals surface area contributed by atoms with Crippen LogP contribution in [0.3, 0.4) is 0 Å². The van der Waals surface area contributed by atoms with E-state index in [4.69, 9.17) is 4.74 Å². The third-order valence-corrected chi connectivity index (χ3v) is 3.56. The number of amides is 2. The summed E-state index contributed by atoms with van der Waals surface area (Å²) in [5.41, 5.74) is 2.01. The summed E-state index contributed by atoms with van der Waals surface area (Å²) >= 11 is 0. The van der Waals surface area contributed by atoms with Gasteiger partial charge in [0.2, 0.25) is 5.91 Å². The number of nitrogens with one attached hydrogen (secondary N) is 1. The molecule has 22 heavy (non-hydrogen) atoms. The van der Waals surface area contributed by atoms with E-state index >= 15 is 0 Å². The Morgan fingerprint density at radius 1 is 1.36 bits per heavy atom. The van der Waals surface area contributed by atoms with Gasteiger partial charge < -0.3 is 19.9 Å². The minimum Gasteiger partial charge on any atom is -0.448 e. The van der Waals surface area contributed by atoms with Crippen LogP contribution in [0.15, 0.2) is 24.3 Å². The summed E-state index contributed by atoms with van der Waals surface area (Å²) < 4.78 is 5.09. The highest BCUT2D eigenvalue weighted by atomic mass is 16.5. The van der Waals surface area contributed by atoms with Crippen LogP contribution in [0.2, 0.25) is 0 Å². The van der Waals surface area contributed by atoms with Gasteiger partial charge in [0.25, 0.3) is 0 Å². The van der Waals surface area contributed by atoms with Crippen LogP contribution in [-0.4, -0.2) is 56.7 Å². The van der Waals surface area contributed by atoms with Gasteiger partial charge in [-0.3, -0.25) is 4.79 Å². The molecule has 120 valence electrons. The molecule has 0 aromatic heterocycles. The van der Waals surface area contributed by atoms with Gasteiger partial charge in [0, 0.05) is 25.2 Å². The summed E-state index contributed by atoms with van der Waals surface area (Å²) in [5.74, 6) is 0.0162. The van der Waals surface area contributed by atoms with Gasteiger partial charge in [-0.2, -0.15) is 0 Å². The van der Waals surface area contributed by atoms with Crippen molar-refractivity contribution in [2.75, 3.05) is 38.7 Å². The Morgan fingerprint density at radius 3 is 2.68 bits per heavy atom. The van der Waals surface area contributed by atoms with E-state index < -0.39 is 6.09 Å². The standard InChI is InChI=1S/C16H23N3O3/c1-12-4-6-14(7-5-12)19-11-13(10-15(19)20)17-16(21)22-9-8-18(2)3/h4-7,13H,8-11H2,1-3H3,(H,17,21)/t13-/m1/s1. The predicted octanol–water partition coefficient (Wildman–Crippen LogP) is 1.39. The number of nitrogens with zero attached hydrogens (tertiary/aromatic N) is 2. The summed E-state index contributed by atoms with van der Waals surface area (Å²) in [7, 11) is 3.83. The van der Waals surface area contributed by atoms with E-state index in [0.29, 0.717) is 26.1 Å². The molecule has 1 aliphatic heterocycles. The second kappa shape index (κ2) is 7.26. The van der Waals surface area contributed by atoms with Gasteiger partial charge in [0.1, 0.15) is 6.61 Å².